The molecular formula is C8H15NO5. The SMILES string of the molecule is COC(=O)N[C@H](C(=O)O)[C@H](O)C(C)C. The van der Waals surface area contributed by atoms with Crippen LogP contribution in [0.3, 0.4) is 0 Å². The average molecular weight is 205 g/mol. The smallest absolute Gasteiger partial charge is 0.407 e. The Morgan fingerprint density at radius 1 is 1.36 bits per heavy atom. The molecule has 6 nitrogen and oxygen atoms in total. The molecular weight excluding hydrogens is 190 g/mol. The van der Waals surface area contributed by atoms with E-state index in [0.29, 0.717) is 0 Å². The molecule has 14 heavy (non-hydrogen) atoms. The van der Waals surface area contributed by atoms with Crippen LogP contribution in [0.5, 0.6) is 0 Å². The van der Waals surface area contributed by atoms with Crippen LogP contribution in [-0.2, 0) is 9.53 Å². The number of aliphatic hydroxyl groups excluding tert-OH is 1. The lowest BCUT2D eigenvalue weighted by Gasteiger charge is -2.22. The zero-order valence-corrected chi connectivity index (χ0v) is 8.35. The Morgan fingerprint density at radius 2 is 1.86 bits per heavy atom. The number of alkyl carbamates (subject to hydrolysis) is 1. The van der Waals surface area contributed by atoms with E-state index in [1.165, 1.54) is 0 Å². The summed E-state index contributed by atoms with van der Waals surface area (Å²) in [6, 6.07) is -1.34. The molecule has 0 aliphatic heterocycles. The lowest BCUT2D eigenvalue weighted by Crippen LogP contribution is -2.50. The number of ether oxygens (including phenoxy) is 1. The van der Waals surface area contributed by atoms with Gasteiger partial charge in [-0.15, -0.1) is 0 Å². The topological polar surface area (TPSA) is 95.9 Å². The number of carbonyl (C=O) groups excluding carboxylic acids is 1. The van der Waals surface area contributed by atoms with Gasteiger partial charge < -0.3 is 20.3 Å². The fourth-order valence-electron chi connectivity index (χ4n) is 0.864. The van der Waals surface area contributed by atoms with Crippen LogP contribution in [0.4, 0.5) is 4.79 Å². The number of aliphatic carboxylic acids is 1. The summed E-state index contributed by atoms with van der Waals surface area (Å²) < 4.78 is 4.24. The van der Waals surface area contributed by atoms with Crippen LogP contribution in [0, 0.1) is 5.92 Å². The highest BCUT2D eigenvalue weighted by Gasteiger charge is 2.30. The monoisotopic (exact) mass is 205 g/mol. The Labute approximate surface area is 81.9 Å². The van der Waals surface area contributed by atoms with Gasteiger partial charge in [-0.2, -0.15) is 0 Å². The second-order valence-corrected chi connectivity index (χ2v) is 3.19. The van der Waals surface area contributed by atoms with Crippen LogP contribution in [0.2, 0.25) is 0 Å². The summed E-state index contributed by atoms with van der Waals surface area (Å²) in [4.78, 5) is 21.4. The number of aliphatic hydroxyl groups is 1. The minimum absolute atomic E-state index is 0.270. The van der Waals surface area contributed by atoms with Gasteiger partial charge in [-0.25, -0.2) is 9.59 Å². The highest BCUT2D eigenvalue weighted by molar-refractivity contribution is 5.80. The summed E-state index contributed by atoms with van der Waals surface area (Å²) >= 11 is 0. The van der Waals surface area contributed by atoms with Gasteiger partial charge in [0, 0.05) is 0 Å². The number of rotatable bonds is 4. The lowest BCUT2D eigenvalue weighted by molar-refractivity contribution is -0.143. The van der Waals surface area contributed by atoms with Crippen molar-refractivity contribution >= 4 is 12.1 Å². The quantitative estimate of drug-likeness (QED) is 0.591. The van der Waals surface area contributed by atoms with Gasteiger partial charge in [0.25, 0.3) is 0 Å². The Bertz CT molecular complexity index is 216. The summed E-state index contributed by atoms with van der Waals surface area (Å²) in [5.74, 6) is -1.56. The summed E-state index contributed by atoms with van der Waals surface area (Å²) in [5.41, 5.74) is 0. The molecule has 1 amide bonds. The van der Waals surface area contributed by atoms with Crippen LogP contribution in [0.1, 0.15) is 13.8 Å². The summed E-state index contributed by atoms with van der Waals surface area (Å²) in [6.07, 6.45) is -2.02. The Kier molecular flexibility index (Phi) is 4.93. The third-order valence-electron chi connectivity index (χ3n) is 1.75. The van der Waals surface area contributed by atoms with Crippen molar-refractivity contribution in [3.63, 3.8) is 0 Å². The van der Waals surface area contributed by atoms with Crippen LogP contribution in [-0.4, -0.2) is 41.5 Å². The number of carbonyl (C=O) groups is 2. The number of carboxylic acid groups (broad SMARTS) is 1. The summed E-state index contributed by atoms with van der Waals surface area (Å²) in [5, 5.41) is 20.2. The maximum Gasteiger partial charge on any atom is 0.407 e. The largest absolute Gasteiger partial charge is 0.480 e. The number of hydrogen-bond donors (Lipinski definition) is 3. The van der Waals surface area contributed by atoms with E-state index in [4.69, 9.17) is 5.11 Å². The maximum absolute atomic E-state index is 10.7. The number of hydrogen-bond acceptors (Lipinski definition) is 4. The van der Waals surface area contributed by atoms with E-state index in [-0.39, 0.29) is 5.92 Å². The molecule has 0 aromatic heterocycles. The first-order chi connectivity index (χ1) is 6.40. The van der Waals surface area contributed by atoms with E-state index in [9.17, 15) is 14.7 Å². The number of nitrogens with one attached hydrogen (secondary N) is 1. The van der Waals surface area contributed by atoms with E-state index in [2.05, 4.69) is 4.74 Å². The van der Waals surface area contributed by atoms with Crippen molar-refractivity contribution in [3.8, 4) is 0 Å². The van der Waals surface area contributed by atoms with Crippen molar-refractivity contribution in [3.05, 3.63) is 0 Å². The molecule has 2 atom stereocenters. The van der Waals surface area contributed by atoms with Gasteiger partial charge in [-0.3, -0.25) is 0 Å². The zero-order chi connectivity index (χ0) is 11.3. The average Bonchev–Trinajstić information content (AvgIpc) is 2.11. The fraction of sp³-hybridized carbons (Fsp3) is 0.750. The van der Waals surface area contributed by atoms with E-state index < -0.39 is 24.2 Å². The molecule has 0 aromatic carbocycles. The molecule has 0 saturated heterocycles. The molecule has 0 radical (unpaired) electrons. The van der Waals surface area contributed by atoms with Crippen molar-refractivity contribution in [1.82, 2.24) is 5.32 Å². The Morgan fingerprint density at radius 3 is 2.14 bits per heavy atom. The summed E-state index contributed by atoms with van der Waals surface area (Å²) in [7, 11) is 1.12. The molecule has 0 aliphatic rings. The van der Waals surface area contributed by atoms with Crippen molar-refractivity contribution in [1.29, 1.82) is 0 Å². The van der Waals surface area contributed by atoms with Crippen LogP contribution < -0.4 is 5.32 Å². The van der Waals surface area contributed by atoms with Gasteiger partial charge in [-0.05, 0) is 5.92 Å². The van der Waals surface area contributed by atoms with Gasteiger partial charge >= 0.3 is 12.1 Å². The van der Waals surface area contributed by atoms with E-state index in [1.807, 2.05) is 5.32 Å². The maximum atomic E-state index is 10.7. The zero-order valence-electron chi connectivity index (χ0n) is 8.35. The first-order valence-electron chi connectivity index (χ1n) is 4.15. The highest BCUT2D eigenvalue weighted by atomic mass is 16.5. The first kappa shape index (κ1) is 12.7. The predicted molar refractivity (Wildman–Crippen MR) is 47.8 cm³/mol. The molecule has 0 spiro atoms. The van der Waals surface area contributed by atoms with Gasteiger partial charge in [0.2, 0.25) is 0 Å². The molecule has 0 unspecified atom stereocenters. The molecule has 0 fully saturated rings. The van der Waals surface area contributed by atoms with Crippen molar-refractivity contribution in [2.24, 2.45) is 5.92 Å². The standard InChI is InChI=1S/C8H15NO5/c1-4(2)6(10)5(7(11)12)9-8(13)14-3/h4-6,10H,1-3H3,(H,9,13)(H,11,12)/t5-,6+/m0/s1. The van der Waals surface area contributed by atoms with Crippen LogP contribution in [0.25, 0.3) is 0 Å². The van der Waals surface area contributed by atoms with Gasteiger partial charge in [0.15, 0.2) is 6.04 Å². The minimum atomic E-state index is -1.34. The molecule has 0 aromatic rings. The van der Waals surface area contributed by atoms with E-state index in [1.54, 1.807) is 13.8 Å². The summed E-state index contributed by atoms with van der Waals surface area (Å²) in [6.45, 7) is 3.30. The van der Waals surface area contributed by atoms with E-state index >= 15 is 0 Å². The Balaban J connectivity index is 4.44. The van der Waals surface area contributed by atoms with E-state index in [0.717, 1.165) is 7.11 Å². The third kappa shape index (κ3) is 3.61. The number of carboxylic acids is 1. The molecule has 0 rings (SSSR count). The third-order valence-corrected chi connectivity index (χ3v) is 1.75. The molecule has 3 N–H and O–H groups in total. The molecule has 0 bridgehead atoms. The van der Waals surface area contributed by atoms with Crippen LogP contribution >= 0.6 is 0 Å². The second kappa shape index (κ2) is 5.43. The van der Waals surface area contributed by atoms with Gasteiger partial charge in [0.1, 0.15) is 0 Å². The van der Waals surface area contributed by atoms with Crippen LogP contribution in [0.15, 0.2) is 0 Å². The van der Waals surface area contributed by atoms with Crippen molar-refractivity contribution in [2.75, 3.05) is 7.11 Å². The molecule has 82 valence electrons. The Hall–Kier alpha value is -1.30. The number of methoxy groups -OCH3 is 1. The van der Waals surface area contributed by atoms with Crippen molar-refractivity contribution in [2.45, 2.75) is 26.0 Å². The number of amides is 1. The fourth-order valence-corrected chi connectivity index (χ4v) is 0.864. The molecule has 0 aliphatic carbocycles. The highest BCUT2D eigenvalue weighted by Crippen LogP contribution is 2.06. The molecule has 0 heterocycles. The molecule has 6 heteroatoms. The first-order valence-corrected chi connectivity index (χ1v) is 4.15. The second-order valence-electron chi connectivity index (χ2n) is 3.19. The minimum Gasteiger partial charge on any atom is -0.480 e. The van der Waals surface area contributed by atoms with Gasteiger partial charge in [-0.1, -0.05) is 13.8 Å². The molecule has 0 saturated carbocycles. The predicted octanol–water partition coefficient (Wildman–Crippen LogP) is -0.188. The van der Waals surface area contributed by atoms with Gasteiger partial charge in [0.05, 0.1) is 13.2 Å². The van der Waals surface area contributed by atoms with Crippen molar-refractivity contribution < 1.29 is 24.5 Å². The lowest BCUT2D eigenvalue weighted by atomic mass is 10.00. The normalized spacial score (nSPS) is 14.6.